The Morgan fingerprint density at radius 2 is 1.68 bits per heavy atom. The molecule has 1 atom stereocenters. The minimum atomic E-state index is -0.767. The maximum absolute atomic E-state index is 10.9. The molecule has 5 nitrogen and oxygen atoms in total. The smallest absolute Gasteiger partial charge is 0.143 e. The second-order valence-electron chi connectivity index (χ2n) is 7.91. The molecule has 148 valence electrons. The molecule has 0 amide bonds. The van der Waals surface area contributed by atoms with Gasteiger partial charge in [-0.2, -0.15) is 0 Å². The first kappa shape index (κ1) is 20.0. The molecule has 5 heteroatoms. The molecule has 28 heavy (non-hydrogen) atoms. The Labute approximate surface area is 166 Å². The van der Waals surface area contributed by atoms with Crippen LogP contribution in [0.5, 0.6) is 11.5 Å². The van der Waals surface area contributed by atoms with Crippen LogP contribution in [0.3, 0.4) is 0 Å². The van der Waals surface area contributed by atoms with Gasteiger partial charge in [-0.1, -0.05) is 45.0 Å². The summed E-state index contributed by atoms with van der Waals surface area (Å²) in [6.07, 6.45) is 0.938. The molecule has 0 aliphatic heterocycles. The van der Waals surface area contributed by atoms with Gasteiger partial charge in [-0.3, -0.25) is 0 Å². The van der Waals surface area contributed by atoms with Crippen LogP contribution < -0.4 is 9.47 Å². The highest BCUT2D eigenvalue weighted by atomic mass is 16.5. The number of hydrogen-bond donors (Lipinski definition) is 1. The zero-order chi connectivity index (χ0) is 20.5. The average Bonchev–Trinajstić information content (AvgIpc) is 3.07. The van der Waals surface area contributed by atoms with E-state index in [4.69, 9.17) is 9.47 Å². The largest absolute Gasteiger partial charge is 0.497 e. The van der Waals surface area contributed by atoms with E-state index < -0.39 is 6.10 Å². The van der Waals surface area contributed by atoms with Gasteiger partial charge in [0.15, 0.2) is 0 Å². The molecule has 3 rings (SSSR count). The van der Waals surface area contributed by atoms with Crippen LogP contribution in [0.15, 0.2) is 48.7 Å². The molecule has 0 fully saturated rings. The summed E-state index contributed by atoms with van der Waals surface area (Å²) in [7, 11) is 5.14. The zero-order valence-corrected chi connectivity index (χ0v) is 17.4. The number of aliphatic hydroxyl groups is 1. The summed E-state index contributed by atoms with van der Waals surface area (Å²) < 4.78 is 12.7. The Hall–Kier alpha value is -2.79. The summed E-state index contributed by atoms with van der Waals surface area (Å²) in [5, 5.41) is 10.9. The van der Waals surface area contributed by atoms with Gasteiger partial charge < -0.3 is 19.1 Å². The summed E-state index contributed by atoms with van der Waals surface area (Å²) >= 11 is 0. The van der Waals surface area contributed by atoms with E-state index in [1.54, 1.807) is 20.4 Å². The van der Waals surface area contributed by atoms with Crippen molar-refractivity contribution in [2.75, 3.05) is 14.2 Å². The first-order chi connectivity index (χ1) is 13.3. The lowest BCUT2D eigenvalue weighted by molar-refractivity contribution is 0.211. The van der Waals surface area contributed by atoms with Crippen LogP contribution in [0.4, 0.5) is 0 Å². The van der Waals surface area contributed by atoms with Crippen LogP contribution in [0.25, 0.3) is 11.4 Å². The minimum absolute atomic E-state index is 0.0755. The van der Waals surface area contributed by atoms with Gasteiger partial charge in [-0.05, 0) is 34.7 Å². The van der Waals surface area contributed by atoms with Crippen molar-refractivity contribution >= 4 is 0 Å². The molecule has 0 saturated carbocycles. The summed E-state index contributed by atoms with van der Waals surface area (Å²) in [6, 6.07) is 13.7. The van der Waals surface area contributed by atoms with Crippen molar-refractivity contribution in [2.24, 2.45) is 7.05 Å². The highest BCUT2D eigenvalue weighted by Gasteiger charge is 2.21. The Morgan fingerprint density at radius 3 is 2.25 bits per heavy atom. The van der Waals surface area contributed by atoms with Crippen LogP contribution in [0.2, 0.25) is 0 Å². The molecule has 0 bridgehead atoms. The number of rotatable bonds is 5. The minimum Gasteiger partial charge on any atom is -0.497 e. The van der Waals surface area contributed by atoms with Gasteiger partial charge in [0.05, 0.1) is 31.7 Å². The van der Waals surface area contributed by atoms with E-state index in [-0.39, 0.29) is 5.41 Å². The molecule has 0 aliphatic rings. The SMILES string of the molecule is COc1ccc(OC)c(-c2ncc(C(O)c3ccc(C(C)(C)C)cc3)n2C)c1. The predicted octanol–water partition coefficient (Wildman–Crippen LogP) is 4.48. The van der Waals surface area contributed by atoms with Crippen molar-refractivity contribution in [3.05, 3.63) is 65.5 Å². The number of nitrogens with zero attached hydrogens (tertiary/aromatic N) is 2. The van der Waals surface area contributed by atoms with Gasteiger partial charge in [0.1, 0.15) is 23.4 Å². The van der Waals surface area contributed by atoms with E-state index in [1.165, 1.54) is 5.56 Å². The van der Waals surface area contributed by atoms with E-state index in [0.717, 1.165) is 16.9 Å². The molecular formula is C23H28N2O3. The fourth-order valence-electron chi connectivity index (χ4n) is 3.25. The van der Waals surface area contributed by atoms with Gasteiger partial charge >= 0.3 is 0 Å². The molecule has 1 unspecified atom stereocenters. The molecule has 1 aromatic heterocycles. The van der Waals surface area contributed by atoms with Gasteiger partial charge in [0.2, 0.25) is 0 Å². The van der Waals surface area contributed by atoms with E-state index >= 15 is 0 Å². The maximum atomic E-state index is 10.9. The lowest BCUT2D eigenvalue weighted by atomic mass is 9.86. The quantitative estimate of drug-likeness (QED) is 0.709. The highest BCUT2D eigenvalue weighted by molar-refractivity contribution is 5.67. The van der Waals surface area contributed by atoms with Crippen LogP contribution in [-0.4, -0.2) is 28.9 Å². The molecule has 3 aromatic rings. The molecule has 0 saturated heterocycles. The third-order valence-electron chi connectivity index (χ3n) is 5.04. The topological polar surface area (TPSA) is 56.5 Å². The van der Waals surface area contributed by atoms with Crippen LogP contribution in [0.1, 0.15) is 43.7 Å². The van der Waals surface area contributed by atoms with Gasteiger partial charge in [-0.15, -0.1) is 0 Å². The fraction of sp³-hybridized carbons (Fsp3) is 0.348. The van der Waals surface area contributed by atoms with Crippen molar-refractivity contribution < 1.29 is 14.6 Å². The monoisotopic (exact) mass is 380 g/mol. The molecule has 1 heterocycles. The lowest BCUT2D eigenvalue weighted by Crippen LogP contribution is -2.12. The standard InChI is InChI=1S/C23H28N2O3/c1-23(2,3)16-9-7-15(8-10-16)21(26)19-14-24-22(25(19)4)18-13-17(27-5)11-12-20(18)28-6/h7-14,21,26H,1-6H3. The average molecular weight is 380 g/mol. The van der Waals surface area contributed by atoms with Crippen molar-refractivity contribution in [1.82, 2.24) is 9.55 Å². The zero-order valence-electron chi connectivity index (χ0n) is 17.4. The van der Waals surface area contributed by atoms with Gasteiger partial charge in [0, 0.05) is 7.05 Å². The first-order valence-corrected chi connectivity index (χ1v) is 9.28. The number of hydrogen-bond acceptors (Lipinski definition) is 4. The van der Waals surface area contributed by atoms with Crippen LogP contribution in [0, 0.1) is 0 Å². The number of aliphatic hydroxyl groups excluding tert-OH is 1. The second kappa shape index (κ2) is 7.68. The van der Waals surface area contributed by atoms with Crippen molar-refractivity contribution in [2.45, 2.75) is 32.3 Å². The maximum Gasteiger partial charge on any atom is 0.143 e. The summed E-state index contributed by atoms with van der Waals surface area (Å²) in [5.74, 6) is 2.12. The molecule has 0 spiro atoms. The van der Waals surface area contributed by atoms with E-state index in [0.29, 0.717) is 17.3 Å². The van der Waals surface area contributed by atoms with E-state index in [9.17, 15) is 5.11 Å². The normalized spacial score (nSPS) is 12.7. The Balaban J connectivity index is 1.97. The highest BCUT2D eigenvalue weighted by Crippen LogP contribution is 2.34. The van der Waals surface area contributed by atoms with Crippen LogP contribution in [-0.2, 0) is 12.5 Å². The number of ether oxygens (including phenoxy) is 2. The summed E-state index contributed by atoms with van der Waals surface area (Å²) in [4.78, 5) is 4.54. The van der Waals surface area contributed by atoms with Crippen molar-refractivity contribution in [1.29, 1.82) is 0 Å². The fourth-order valence-corrected chi connectivity index (χ4v) is 3.25. The third-order valence-corrected chi connectivity index (χ3v) is 5.04. The summed E-state index contributed by atoms with van der Waals surface area (Å²) in [5.41, 5.74) is 3.66. The number of aromatic nitrogens is 2. The molecule has 0 aliphatic carbocycles. The first-order valence-electron chi connectivity index (χ1n) is 9.28. The van der Waals surface area contributed by atoms with E-state index in [2.05, 4.69) is 37.9 Å². The van der Waals surface area contributed by atoms with Gasteiger partial charge in [-0.25, -0.2) is 4.98 Å². The number of methoxy groups -OCH3 is 2. The molecule has 2 aromatic carbocycles. The molecule has 0 radical (unpaired) electrons. The number of benzene rings is 2. The van der Waals surface area contributed by atoms with Gasteiger partial charge in [0.25, 0.3) is 0 Å². The lowest BCUT2D eigenvalue weighted by Gasteiger charge is -2.20. The third kappa shape index (κ3) is 3.76. The van der Waals surface area contributed by atoms with Crippen molar-refractivity contribution in [3.63, 3.8) is 0 Å². The Kier molecular flexibility index (Phi) is 5.47. The summed E-state index contributed by atoms with van der Waals surface area (Å²) in [6.45, 7) is 6.52. The second-order valence-corrected chi connectivity index (χ2v) is 7.91. The predicted molar refractivity (Wildman–Crippen MR) is 111 cm³/mol. The molecule has 1 N–H and O–H groups in total. The van der Waals surface area contributed by atoms with Crippen molar-refractivity contribution in [3.8, 4) is 22.9 Å². The molecular weight excluding hydrogens is 352 g/mol. The van der Waals surface area contributed by atoms with Crippen LogP contribution >= 0.6 is 0 Å². The van der Waals surface area contributed by atoms with E-state index in [1.807, 2.05) is 41.9 Å². The Bertz CT molecular complexity index is 953. The number of imidazole rings is 1. The Morgan fingerprint density at radius 1 is 1.00 bits per heavy atom.